The van der Waals surface area contributed by atoms with E-state index in [4.69, 9.17) is 0 Å². The second-order valence-electron chi connectivity index (χ2n) is 4.30. The molecule has 0 aliphatic heterocycles. The number of aliphatic hydroxyl groups is 1. The van der Waals surface area contributed by atoms with Crippen LogP contribution in [-0.2, 0) is 0 Å². The molecule has 0 amide bonds. The van der Waals surface area contributed by atoms with Crippen LogP contribution in [0.25, 0.3) is 0 Å². The molecule has 0 saturated carbocycles. The first kappa shape index (κ1) is 13.7. The molecular formula is C12H17FINO. The van der Waals surface area contributed by atoms with Crippen LogP contribution in [0.4, 0.5) is 10.1 Å². The van der Waals surface area contributed by atoms with Crippen LogP contribution in [0.15, 0.2) is 18.2 Å². The van der Waals surface area contributed by atoms with E-state index in [1.807, 2.05) is 13.8 Å². The van der Waals surface area contributed by atoms with Crippen LogP contribution in [0.2, 0.25) is 0 Å². The fraction of sp³-hybridized carbons (Fsp3) is 0.500. The number of hydrogen-bond acceptors (Lipinski definition) is 2. The van der Waals surface area contributed by atoms with Gasteiger partial charge in [-0.15, -0.1) is 0 Å². The molecule has 1 aromatic rings. The second kappa shape index (κ2) is 5.82. The molecule has 1 unspecified atom stereocenters. The lowest BCUT2D eigenvalue weighted by atomic mass is 9.88. The molecule has 0 heterocycles. The Morgan fingerprint density at radius 1 is 1.50 bits per heavy atom. The molecule has 1 atom stereocenters. The number of anilines is 1. The maximum Gasteiger partial charge on any atom is 0.124 e. The Morgan fingerprint density at radius 3 is 2.69 bits per heavy atom. The number of nitrogens with one attached hydrogen (secondary N) is 1. The molecule has 1 rings (SSSR count). The normalized spacial score (nSPS) is 14.6. The number of benzene rings is 1. The van der Waals surface area contributed by atoms with Crippen molar-refractivity contribution >= 4 is 28.3 Å². The van der Waals surface area contributed by atoms with Crippen LogP contribution < -0.4 is 5.32 Å². The average Bonchev–Trinajstić information content (AvgIpc) is 2.27. The van der Waals surface area contributed by atoms with Crippen molar-refractivity contribution in [3.8, 4) is 0 Å². The standard InChI is InChI=1S/C12H17FINO/c1-3-12(2,8-16)7-15-11-5-4-9(13)6-10(11)14/h4-6,15-16H,3,7-8H2,1-2H3. The fourth-order valence-electron chi connectivity index (χ4n) is 1.23. The summed E-state index contributed by atoms with van der Waals surface area (Å²) < 4.78 is 13.7. The molecule has 0 aromatic heterocycles. The molecule has 0 radical (unpaired) electrons. The zero-order valence-electron chi connectivity index (χ0n) is 9.56. The van der Waals surface area contributed by atoms with E-state index in [0.717, 1.165) is 15.7 Å². The van der Waals surface area contributed by atoms with Gasteiger partial charge in [0.2, 0.25) is 0 Å². The molecular weight excluding hydrogens is 320 g/mol. The van der Waals surface area contributed by atoms with Gasteiger partial charge in [-0.2, -0.15) is 0 Å². The summed E-state index contributed by atoms with van der Waals surface area (Å²) in [7, 11) is 0. The molecule has 0 aliphatic carbocycles. The quantitative estimate of drug-likeness (QED) is 0.809. The summed E-state index contributed by atoms with van der Waals surface area (Å²) in [6.45, 7) is 4.90. The van der Waals surface area contributed by atoms with Gasteiger partial charge in [-0.05, 0) is 47.2 Å². The van der Waals surface area contributed by atoms with Crippen LogP contribution in [0.3, 0.4) is 0 Å². The zero-order chi connectivity index (χ0) is 12.2. The Balaban J connectivity index is 2.67. The van der Waals surface area contributed by atoms with Gasteiger partial charge in [0.25, 0.3) is 0 Å². The molecule has 2 N–H and O–H groups in total. The van der Waals surface area contributed by atoms with Crippen molar-refractivity contribution in [2.24, 2.45) is 5.41 Å². The van der Waals surface area contributed by atoms with E-state index in [1.165, 1.54) is 12.1 Å². The highest BCUT2D eigenvalue weighted by Crippen LogP contribution is 2.24. The third-order valence-electron chi connectivity index (χ3n) is 2.87. The number of hydrogen-bond donors (Lipinski definition) is 2. The van der Waals surface area contributed by atoms with Crippen LogP contribution in [0.5, 0.6) is 0 Å². The monoisotopic (exact) mass is 337 g/mol. The van der Waals surface area contributed by atoms with Gasteiger partial charge in [0.15, 0.2) is 0 Å². The van der Waals surface area contributed by atoms with Crippen LogP contribution in [0, 0.1) is 14.8 Å². The highest BCUT2D eigenvalue weighted by Gasteiger charge is 2.20. The summed E-state index contributed by atoms with van der Waals surface area (Å²) in [6.07, 6.45) is 0.897. The Kier molecular flexibility index (Phi) is 4.98. The summed E-state index contributed by atoms with van der Waals surface area (Å²) in [4.78, 5) is 0. The topological polar surface area (TPSA) is 32.3 Å². The van der Waals surface area contributed by atoms with Crippen molar-refractivity contribution in [2.75, 3.05) is 18.5 Å². The Hall–Kier alpha value is -0.360. The lowest BCUT2D eigenvalue weighted by molar-refractivity contribution is 0.149. The number of rotatable bonds is 5. The van der Waals surface area contributed by atoms with Crippen molar-refractivity contribution in [2.45, 2.75) is 20.3 Å². The molecule has 16 heavy (non-hydrogen) atoms. The first-order valence-corrected chi connectivity index (χ1v) is 6.38. The van der Waals surface area contributed by atoms with Gasteiger partial charge in [0.05, 0.1) is 6.61 Å². The largest absolute Gasteiger partial charge is 0.396 e. The molecule has 4 heteroatoms. The first-order valence-electron chi connectivity index (χ1n) is 5.30. The zero-order valence-corrected chi connectivity index (χ0v) is 11.7. The summed E-state index contributed by atoms with van der Waals surface area (Å²) >= 11 is 2.10. The maximum atomic E-state index is 12.9. The van der Waals surface area contributed by atoms with E-state index in [0.29, 0.717) is 6.54 Å². The Bertz CT molecular complexity index is 353. The molecule has 0 saturated heterocycles. The molecule has 2 nitrogen and oxygen atoms in total. The van der Waals surface area contributed by atoms with Crippen LogP contribution in [0.1, 0.15) is 20.3 Å². The lowest BCUT2D eigenvalue weighted by Gasteiger charge is -2.26. The van der Waals surface area contributed by atoms with Gasteiger partial charge >= 0.3 is 0 Å². The van der Waals surface area contributed by atoms with Crippen molar-refractivity contribution in [3.05, 3.63) is 27.6 Å². The van der Waals surface area contributed by atoms with Crippen molar-refractivity contribution < 1.29 is 9.50 Å². The Morgan fingerprint density at radius 2 is 2.19 bits per heavy atom. The van der Waals surface area contributed by atoms with Gasteiger partial charge in [-0.1, -0.05) is 13.8 Å². The third kappa shape index (κ3) is 3.59. The van der Waals surface area contributed by atoms with Gasteiger partial charge in [0.1, 0.15) is 5.82 Å². The van der Waals surface area contributed by atoms with Crippen molar-refractivity contribution in [1.29, 1.82) is 0 Å². The predicted molar refractivity (Wildman–Crippen MR) is 73.1 cm³/mol. The SMILES string of the molecule is CCC(C)(CO)CNc1ccc(F)cc1I. The second-order valence-corrected chi connectivity index (χ2v) is 5.46. The first-order chi connectivity index (χ1) is 7.50. The van der Waals surface area contributed by atoms with Crippen LogP contribution >= 0.6 is 22.6 Å². The minimum absolute atomic E-state index is 0.128. The summed E-state index contributed by atoms with van der Waals surface area (Å²) in [6, 6.07) is 4.66. The van der Waals surface area contributed by atoms with E-state index >= 15 is 0 Å². The average molecular weight is 337 g/mol. The molecule has 0 fully saturated rings. The number of halogens is 2. The van der Waals surface area contributed by atoms with Crippen LogP contribution in [-0.4, -0.2) is 18.3 Å². The van der Waals surface area contributed by atoms with Gasteiger partial charge in [-0.25, -0.2) is 4.39 Å². The molecule has 0 spiro atoms. The lowest BCUT2D eigenvalue weighted by Crippen LogP contribution is -2.29. The van der Waals surface area contributed by atoms with Gasteiger partial charge in [-0.3, -0.25) is 0 Å². The van der Waals surface area contributed by atoms with Crippen molar-refractivity contribution in [1.82, 2.24) is 0 Å². The fourth-order valence-corrected chi connectivity index (χ4v) is 1.90. The number of aliphatic hydroxyl groups excluding tert-OH is 1. The summed E-state index contributed by atoms with van der Waals surface area (Å²) in [5.41, 5.74) is 0.785. The Labute approximate surface area is 109 Å². The van der Waals surface area contributed by atoms with E-state index in [1.54, 1.807) is 6.07 Å². The molecule has 0 aliphatic rings. The van der Waals surface area contributed by atoms with Crippen molar-refractivity contribution in [3.63, 3.8) is 0 Å². The van der Waals surface area contributed by atoms with E-state index in [-0.39, 0.29) is 17.8 Å². The smallest absolute Gasteiger partial charge is 0.124 e. The van der Waals surface area contributed by atoms with E-state index < -0.39 is 0 Å². The molecule has 90 valence electrons. The summed E-state index contributed by atoms with van der Waals surface area (Å²) in [5.74, 6) is -0.227. The molecule has 0 bridgehead atoms. The minimum Gasteiger partial charge on any atom is -0.396 e. The van der Waals surface area contributed by atoms with Gasteiger partial charge < -0.3 is 10.4 Å². The van der Waals surface area contributed by atoms with Gasteiger partial charge in [0, 0.05) is 21.2 Å². The highest BCUT2D eigenvalue weighted by atomic mass is 127. The highest BCUT2D eigenvalue weighted by molar-refractivity contribution is 14.1. The molecule has 1 aromatic carbocycles. The van der Waals surface area contributed by atoms with E-state index in [2.05, 4.69) is 27.9 Å². The van der Waals surface area contributed by atoms with E-state index in [9.17, 15) is 9.50 Å². The minimum atomic E-state index is -0.227. The summed E-state index contributed by atoms with van der Waals surface area (Å²) in [5, 5.41) is 12.5. The maximum absolute atomic E-state index is 12.9. The predicted octanol–water partition coefficient (Wildman–Crippen LogP) is 3.25. The third-order valence-corrected chi connectivity index (χ3v) is 3.76.